The lowest BCUT2D eigenvalue weighted by Crippen LogP contribution is -2.57. The summed E-state index contributed by atoms with van der Waals surface area (Å²) in [7, 11) is 1.20. The minimum atomic E-state index is -0.761. The molecule has 0 radical (unpaired) electrons. The molecule has 0 spiro atoms. The van der Waals surface area contributed by atoms with E-state index in [0.29, 0.717) is 0 Å². The number of amides is 1. The van der Waals surface area contributed by atoms with E-state index in [1.54, 1.807) is 20.8 Å². The van der Waals surface area contributed by atoms with Crippen molar-refractivity contribution in [1.82, 2.24) is 9.88 Å². The van der Waals surface area contributed by atoms with Crippen LogP contribution in [0.15, 0.2) is 12.3 Å². The van der Waals surface area contributed by atoms with Gasteiger partial charge in [-0.2, -0.15) is 0 Å². The molecule has 0 aliphatic carbocycles. The van der Waals surface area contributed by atoms with Crippen molar-refractivity contribution in [2.75, 3.05) is 20.2 Å². The van der Waals surface area contributed by atoms with Gasteiger partial charge in [0.25, 0.3) is 5.88 Å². The van der Waals surface area contributed by atoms with E-state index in [1.807, 2.05) is 0 Å². The molecular formula is C15H19FN2O5. The first-order valence-electron chi connectivity index (χ1n) is 7.08. The third-order valence-electron chi connectivity index (χ3n) is 3.01. The fourth-order valence-corrected chi connectivity index (χ4v) is 1.89. The van der Waals surface area contributed by atoms with Crippen molar-refractivity contribution in [1.29, 1.82) is 0 Å². The molecule has 8 heteroatoms. The summed E-state index contributed by atoms with van der Waals surface area (Å²) in [6, 6.07) is 0.998. The molecule has 0 unspecified atom stereocenters. The normalized spacial score (nSPS) is 14.9. The average Bonchev–Trinajstić information content (AvgIpc) is 2.40. The number of pyridine rings is 1. The van der Waals surface area contributed by atoms with Gasteiger partial charge in [-0.05, 0) is 26.8 Å². The van der Waals surface area contributed by atoms with Crippen LogP contribution >= 0.6 is 0 Å². The van der Waals surface area contributed by atoms with Crippen LogP contribution in [-0.4, -0.2) is 53.9 Å². The summed E-state index contributed by atoms with van der Waals surface area (Å²) in [6.07, 6.45) is 0.370. The lowest BCUT2D eigenvalue weighted by molar-refractivity contribution is -0.0241. The Bertz CT molecular complexity index is 608. The van der Waals surface area contributed by atoms with E-state index >= 15 is 0 Å². The smallest absolute Gasteiger partial charge is 0.410 e. The molecule has 0 aromatic carbocycles. The molecule has 0 bridgehead atoms. The van der Waals surface area contributed by atoms with Crippen molar-refractivity contribution in [2.24, 2.45) is 0 Å². The van der Waals surface area contributed by atoms with Gasteiger partial charge in [0.1, 0.15) is 11.7 Å². The molecule has 1 aliphatic heterocycles. The number of likely N-dealkylation sites (tertiary alicyclic amines) is 1. The van der Waals surface area contributed by atoms with Gasteiger partial charge in [-0.15, -0.1) is 0 Å². The maximum Gasteiger partial charge on any atom is 0.410 e. The Morgan fingerprint density at radius 1 is 1.35 bits per heavy atom. The molecule has 2 rings (SSSR count). The molecule has 2 heterocycles. The fourth-order valence-electron chi connectivity index (χ4n) is 1.89. The summed E-state index contributed by atoms with van der Waals surface area (Å²) in [5.41, 5.74) is -0.568. The standard InChI is InChI=1S/C15H19FN2O5/c1-15(2,3)23-14(20)18-7-10(8-18)22-12-11(16)5-9(6-17-12)13(19)21-4/h5-6,10H,7-8H2,1-4H3. The monoisotopic (exact) mass is 326 g/mol. The number of carbonyl (C=O) groups excluding carboxylic acids is 2. The van der Waals surface area contributed by atoms with Crippen LogP contribution in [0.25, 0.3) is 0 Å². The van der Waals surface area contributed by atoms with Gasteiger partial charge in [0.2, 0.25) is 0 Å². The van der Waals surface area contributed by atoms with Crippen molar-refractivity contribution < 1.29 is 28.2 Å². The summed E-state index contributed by atoms with van der Waals surface area (Å²) >= 11 is 0. The highest BCUT2D eigenvalue weighted by Gasteiger charge is 2.35. The highest BCUT2D eigenvalue weighted by Crippen LogP contribution is 2.22. The summed E-state index contributed by atoms with van der Waals surface area (Å²) in [6.45, 7) is 5.91. The van der Waals surface area contributed by atoms with Crippen molar-refractivity contribution >= 4 is 12.1 Å². The predicted molar refractivity (Wildman–Crippen MR) is 77.8 cm³/mol. The van der Waals surface area contributed by atoms with E-state index in [4.69, 9.17) is 9.47 Å². The number of halogens is 1. The van der Waals surface area contributed by atoms with Gasteiger partial charge in [0, 0.05) is 6.20 Å². The van der Waals surface area contributed by atoms with Gasteiger partial charge >= 0.3 is 12.1 Å². The molecule has 1 saturated heterocycles. The minimum absolute atomic E-state index is 0.00124. The first kappa shape index (κ1) is 17.0. The van der Waals surface area contributed by atoms with E-state index in [2.05, 4.69) is 9.72 Å². The quantitative estimate of drug-likeness (QED) is 0.791. The first-order chi connectivity index (χ1) is 10.7. The third kappa shape index (κ3) is 4.30. The molecule has 126 valence electrons. The summed E-state index contributed by atoms with van der Waals surface area (Å²) in [4.78, 5) is 28.3. The van der Waals surface area contributed by atoms with Gasteiger partial charge in [0.15, 0.2) is 5.82 Å². The van der Waals surface area contributed by atoms with E-state index in [0.717, 1.165) is 6.07 Å². The second-order valence-electron chi connectivity index (χ2n) is 6.13. The van der Waals surface area contributed by atoms with Crippen LogP contribution in [-0.2, 0) is 9.47 Å². The van der Waals surface area contributed by atoms with Crippen LogP contribution in [0.1, 0.15) is 31.1 Å². The Labute approximate surface area is 133 Å². The molecule has 1 amide bonds. The number of hydrogen-bond donors (Lipinski definition) is 0. The molecule has 1 fully saturated rings. The molecule has 23 heavy (non-hydrogen) atoms. The molecule has 1 aliphatic rings. The number of aromatic nitrogens is 1. The van der Waals surface area contributed by atoms with Gasteiger partial charge in [-0.25, -0.2) is 19.0 Å². The number of ether oxygens (including phenoxy) is 3. The molecule has 0 N–H and O–H groups in total. The SMILES string of the molecule is COC(=O)c1cnc(OC2CN(C(=O)OC(C)(C)C)C2)c(F)c1. The zero-order chi connectivity index (χ0) is 17.2. The maximum atomic E-state index is 13.8. The Kier molecular flexibility index (Phi) is 4.72. The van der Waals surface area contributed by atoms with Crippen LogP contribution in [0, 0.1) is 5.82 Å². The Morgan fingerprint density at radius 2 is 2.00 bits per heavy atom. The predicted octanol–water partition coefficient (Wildman–Crippen LogP) is 2.01. The minimum Gasteiger partial charge on any atom is -0.468 e. The van der Waals surface area contributed by atoms with Crippen molar-refractivity contribution in [2.45, 2.75) is 32.5 Å². The summed E-state index contributed by atoms with van der Waals surface area (Å²) in [5, 5.41) is 0. The topological polar surface area (TPSA) is 78.0 Å². The number of esters is 1. The van der Waals surface area contributed by atoms with Gasteiger partial charge in [-0.1, -0.05) is 0 Å². The molecule has 1 aromatic rings. The zero-order valence-electron chi connectivity index (χ0n) is 13.5. The number of hydrogen-bond acceptors (Lipinski definition) is 6. The summed E-state index contributed by atoms with van der Waals surface area (Å²) < 4.78 is 28.9. The van der Waals surface area contributed by atoms with E-state index in [9.17, 15) is 14.0 Å². The molecule has 0 atom stereocenters. The van der Waals surface area contributed by atoms with Crippen LogP contribution in [0.3, 0.4) is 0 Å². The second kappa shape index (κ2) is 6.39. The summed E-state index contributed by atoms with van der Waals surface area (Å²) in [5.74, 6) is -1.65. The van der Waals surface area contributed by atoms with Crippen molar-refractivity contribution in [3.63, 3.8) is 0 Å². The van der Waals surface area contributed by atoms with Crippen LogP contribution < -0.4 is 4.74 Å². The van der Waals surface area contributed by atoms with Crippen LogP contribution in [0.4, 0.5) is 9.18 Å². The fraction of sp³-hybridized carbons (Fsp3) is 0.533. The lowest BCUT2D eigenvalue weighted by atomic mass is 10.1. The Hall–Kier alpha value is -2.38. The van der Waals surface area contributed by atoms with Crippen LogP contribution in [0.2, 0.25) is 0 Å². The Balaban J connectivity index is 1.88. The number of methoxy groups -OCH3 is 1. The third-order valence-corrected chi connectivity index (χ3v) is 3.01. The van der Waals surface area contributed by atoms with E-state index < -0.39 is 23.5 Å². The number of nitrogens with zero attached hydrogens (tertiary/aromatic N) is 2. The van der Waals surface area contributed by atoms with Gasteiger partial charge < -0.3 is 19.1 Å². The highest BCUT2D eigenvalue weighted by molar-refractivity contribution is 5.88. The highest BCUT2D eigenvalue weighted by atomic mass is 19.1. The largest absolute Gasteiger partial charge is 0.468 e. The van der Waals surface area contributed by atoms with E-state index in [-0.39, 0.29) is 30.6 Å². The first-order valence-corrected chi connectivity index (χ1v) is 7.08. The van der Waals surface area contributed by atoms with Crippen molar-refractivity contribution in [3.05, 3.63) is 23.6 Å². The lowest BCUT2D eigenvalue weighted by Gasteiger charge is -2.39. The maximum absolute atomic E-state index is 13.8. The Morgan fingerprint density at radius 3 is 2.52 bits per heavy atom. The molecule has 1 aromatic heterocycles. The second-order valence-corrected chi connectivity index (χ2v) is 6.13. The van der Waals surface area contributed by atoms with Crippen molar-refractivity contribution in [3.8, 4) is 5.88 Å². The zero-order valence-corrected chi connectivity index (χ0v) is 13.5. The molecular weight excluding hydrogens is 307 g/mol. The molecule has 7 nitrogen and oxygen atoms in total. The van der Waals surface area contributed by atoms with Crippen LogP contribution in [0.5, 0.6) is 5.88 Å². The number of carbonyl (C=O) groups is 2. The molecule has 0 saturated carbocycles. The number of rotatable bonds is 3. The average molecular weight is 326 g/mol. The van der Waals surface area contributed by atoms with Gasteiger partial charge in [0.05, 0.1) is 25.8 Å². The van der Waals surface area contributed by atoms with E-state index in [1.165, 1.54) is 18.2 Å². The van der Waals surface area contributed by atoms with Gasteiger partial charge in [-0.3, -0.25) is 0 Å².